The second-order valence-corrected chi connectivity index (χ2v) is 6.47. The molecule has 0 unspecified atom stereocenters. The van der Waals surface area contributed by atoms with Crippen molar-refractivity contribution in [3.05, 3.63) is 48.3 Å². The van der Waals surface area contributed by atoms with Crippen LogP contribution in [0.15, 0.2) is 42.5 Å². The summed E-state index contributed by atoms with van der Waals surface area (Å²) in [4.78, 5) is 20.2. The number of H-pyrrole nitrogens is 1. The van der Waals surface area contributed by atoms with Crippen molar-refractivity contribution in [3.63, 3.8) is 0 Å². The molecule has 0 bridgehead atoms. The molecule has 0 spiro atoms. The molecule has 134 valence electrons. The van der Waals surface area contributed by atoms with Gasteiger partial charge in [0.05, 0.1) is 18.1 Å². The van der Waals surface area contributed by atoms with Crippen molar-refractivity contribution in [2.24, 2.45) is 0 Å². The number of nitrogens with one attached hydrogen (secondary N) is 2. The fourth-order valence-electron chi connectivity index (χ4n) is 3.06. The first-order chi connectivity index (χ1) is 12.7. The van der Waals surface area contributed by atoms with Crippen LogP contribution in [0.3, 0.4) is 0 Å². The molecule has 2 N–H and O–H groups in total. The number of hydrogen-bond donors (Lipinski definition) is 2. The van der Waals surface area contributed by atoms with Gasteiger partial charge in [-0.1, -0.05) is 18.6 Å². The summed E-state index contributed by atoms with van der Waals surface area (Å²) in [7, 11) is 1.57. The van der Waals surface area contributed by atoms with Crippen LogP contribution in [0.1, 0.15) is 31.0 Å². The Morgan fingerprint density at radius 1 is 1.23 bits per heavy atom. The van der Waals surface area contributed by atoms with Crippen molar-refractivity contribution in [1.29, 1.82) is 0 Å². The number of benzene rings is 2. The van der Waals surface area contributed by atoms with E-state index in [-0.39, 0.29) is 12.5 Å². The molecule has 1 fully saturated rings. The lowest BCUT2D eigenvalue weighted by molar-refractivity contribution is -0.118. The average Bonchev–Trinajstić information content (AvgIpc) is 3.01. The SMILES string of the molecule is COc1ccccc1OCC(=O)Nc1ccc2nc(C3CCC3)[nH]c2c1. The maximum Gasteiger partial charge on any atom is 0.262 e. The van der Waals surface area contributed by atoms with E-state index >= 15 is 0 Å². The number of aromatic amines is 1. The number of aromatic nitrogens is 2. The third-order valence-electron chi connectivity index (χ3n) is 4.70. The molecule has 3 aromatic rings. The number of carbonyl (C=O) groups excluding carboxylic acids is 1. The smallest absolute Gasteiger partial charge is 0.262 e. The maximum atomic E-state index is 12.2. The summed E-state index contributed by atoms with van der Waals surface area (Å²) in [5.41, 5.74) is 2.58. The van der Waals surface area contributed by atoms with E-state index in [0.29, 0.717) is 17.4 Å². The van der Waals surface area contributed by atoms with Gasteiger partial charge >= 0.3 is 0 Å². The zero-order chi connectivity index (χ0) is 17.9. The van der Waals surface area contributed by atoms with Gasteiger partial charge in [0.15, 0.2) is 18.1 Å². The summed E-state index contributed by atoms with van der Waals surface area (Å²) in [5, 5.41) is 2.86. The molecule has 2 aromatic carbocycles. The van der Waals surface area contributed by atoms with E-state index in [2.05, 4.69) is 15.3 Å². The van der Waals surface area contributed by atoms with Gasteiger partial charge in [-0.2, -0.15) is 0 Å². The predicted molar refractivity (Wildman–Crippen MR) is 99.8 cm³/mol. The molecule has 6 heteroatoms. The zero-order valence-corrected chi connectivity index (χ0v) is 14.6. The Morgan fingerprint density at radius 2 is 2.04 bits per heavy atom. The van der Waals surface area contributed by atoms with E-state index in [1.807, 2.05) is 30.3 Å². The van der Waals surface area contributed by atoms with Crippen LogP contribution in [-0.4, -0.2) is 29.6 Å². The molecule has 26 heavy (non-hydrogen) atoms. The first-order valence-corrected chi connectivity index (χ1v) is 8.78. The van der Waals surface area contributed by atoms with Crippen LogP contribution >= 0.6 is 0 Å². The van der Waals surface area contributed by atoms with Gasteiger partial charge in [-0.3, -0.25) is 4.79 Å². The number of imidazole rings is 1. The first kappa shape index (κ1) is 16.4. The van der Waals surface area contributed by atoms with Gasteiger partial charge in [0.25, 0.3) is 5.91 Å². The number of fused-ring (bicyclic) bond motifs is 1. The highest BCUT2D eigenvalue weighted by Crippen LogP contribution is 2.35. The molecule has 0 radical (unpaired) electrons. The lowest BCUT2D eigenvalue weighted by atomic mass is 9.85. The lowest BCUT2D eigenvalue weighted by Crippen LogP contribution is -2.20. The fraction of sp³-hybridized carbons (Fsp3) is 0.300. The van der Waals surface area contributed by atoms with Crippen LogP contribution in [0.2, 0.25) is 0 Å². The lowest BCUT2D eigenvalue weighted by Gasteiger charge is -2.22. The van der Waals surface area contributed by atoms with E-state index in [1.165, 1.54) is 19.3 Å². The molecule has 4 rings (SSSR count). The quantitative estimate of drug-likeness (QED) is 0.707. The number of amides is 1. The summed E-state index contributed by atoms with van der Waals surface area (Å²) in [5.74, 6) is 2.51. The molecular formula is C20H21N3O3. The van der Waals surface area contributed by atoms with Crippen molar-refractivity contribution in [2.75, 3.05) is 19.0 Å². The first-order valence-electron chi connectivity index (χ1n) is 8.78. The minimum Gasteiger partial charge on any atom is -0.493 e. The van der Waals surface area contributed by atoms with Gasteiger partial charge in [0, 0.05) is 11.6 Å². The zero-order valence-electron chi connectivity index (χ0n) is 14.6. The minimum absolute atomic E-state index is 0.0886. The summed E-state index contributed by atoms with van der Waals surface area (Å²) in [6.07, 6.45) is 3.67. The Kier molecular flexibility index (Phi) is 4.48. The minimum atomic E-state index is -0.228. The molecule has 6 nitrogen and oxygen atoms in total. The van der Waals surface area contributed by atoms with E-state index < -0.39 is 0 Å². The number of hydrogen-bond acceptors (Lipinski definition) is 4. The maximum absolute atomic E-state index is 12.2. The average molecular weight is 351 g/mol. The van der Waals surface area contributed by atoms with Crippen LogP contribution in [0.4, 0.5) is 5.69 Å². The summed E-state index contributed by atoms with van der Waals surface area (Å²) in [6, 6.07) is 12.9. The third-order valence-corrected chi connectivity index (χ3v) is 4.70. The molecule has 1 aliphatic rings. The third kappa shape index (κ3) is 3.35. The van der Waals surface area contributed by atoms with Crippen molar-refractivity contribution >= 4 is 22.6 Å². The van der Waals surface area contributed by atoms with Crippen molar-refractivity contribution < 1.29 is 14.3 Å². The van der Waals surface area contributed by atoms with Crippen molar-refractivity contribution in [2.45, 2.75) is 25.2 Å². The van der Waals surface area contributed by atoms with Crippen molar-refractivity contribution in [1.82, 2.24) is 9.97 Å². The Labute approximate surface area is 151 Å². The number of methoxy groups -OCH3 is 1. The Bertz CT molecular complexity index is 931. The second-order valence-electron chi connectivity index (χ2n) is 6.47. The highest BCUT2D eigenvalue weighted by atomic mass is 16.5. The van der Waals surface area contributed by atoms with Crippen LogP contribution in [0, 0.1) is 0 Å². The van der Waals surface area contributed by atoms with Gasteiger partial charge < -0.3 is 19.8 Å². The predicted octanol–water partition coefficient (Wildman–Crippen LogP) is 3.86. The van der Waals surface area contributed by atoms with Gasteiger partial charge in [0.1, 0.15) is 5.82 Å². The van der Waals surface area contributed by atoms with Crippen LogP contribution in [0.5, 0.6) is 11.5 Å². The Balaban J connectivity index is 1.40. The number of para-hydroxylation sites is 2. The summed E-state index contributed by atoms with van der Waals surface area (Å²) in [6.45, 7) is -0.0886. The molecule has 1 aliphatic carbocycles. The topological polar surface area (TPSA) is 76.2 Å². The largest absolute Gasteiger partial charge is 0.493 e. The summed E-state index contributed by atoms with van der Waals surface area (Å²) < 4.78 is 10.8. The standard InChI is InChI=1S/C20H21N3O3/c1-25-17-7-2-3-8-18(17)26-12-19(24)21-14-9-10-15-16(11-14)23-20(22-15)13-5-4-6-13/h2-3,7-11,13H,4-6,12H2,1H3,(H,21,24)(H,22,23). The number of rotatable bonds is 6. The number of carbonyl (C=O) groups is 1. The van der Waals surface area contributed by atoms with E-state index in [9.17, 15) is 4.79 Å². The van der Waals surface area contributed by atoms with Crippen molar-refractivity contribution in [3.8, 4) is 11.5 Å². The molecule has 0 aliphatic heterocycles. The molecular weight excluding hydrogens is 330 g/mol. The highest BCUT2D eigenvalue weighted by Gasteiger charge is 2.22. The van der Waals surface area contributed by atoms with Gasteiger partial charge in [-0.25, -0.2) is 4.98 Å². The monoisotopic (exact) mass is 351 g/mol. The molecule has 1 saturated carbocycles. The van der Waals surface area contributed by atoms with E-state index in [4.69, 9.17) is 9.47 Å². The number of anilines is 1. The molecule has 1 amide bonds. The highest BCUT2D eigenvalue weighted by molar-refractivity contribution is 5.94. The molecule has 0 saturated heterocycles. The second kappa shape index (κ2) is 7.07. The fourth-order valence-corrected chi connectivity index (χ4v) is 3.06. The molecule has 1 aromatic heterocycles. The van der Waals surface area contributed by atoms with E-state index in [1.54, 1.807) is 19.2 Å². The summed E-state index contributed by atoms with van der Waals surface area (Å²) >= 11 is 0. The Morgan fingerprint density at radius 3 is 2.77 bits per heavy atom. The van der Waals surface area contributed by atoms with Gasteiger partial charge in [-0.15, -0.1) is 0 Å². The van der Waals surface area contributed by atoms with Crippen LogP contribution in [-0.2, 0) is 4.79 Å². The van der Waals surface area contributed by atoms with Crippen LogP contribution in [0.25, 0.3) is 11.0 Å². The van der Waals surface area contributed by atoms with Gasteiger partial charge in [0.2, 0.25) is 0 Å². The normalized spacial score (nSPS) is 14.0. The number of ether oxygens (including phenoxy) is 2. The van der Waals surface area contributed by atoms with Crippen LogP contribution < -0.4 is 14.8 Å². The Hall–Kier alpha value is -3.02. The van der Waals surface area contributed by atoms with E-state index in [0.717, 1.165) is 22.5 Å². The molecule has 0 atom stereocenters. The number of nitrogens with zero attached hydrogens (tertiary/aromatic N) is 1. The van der Waals surface area contributed by atoms with Gasteiger partial charge in [-0.05, 0) is 43.2 Å². The molecule has 1 heterocycles.